The molecular formula is C29H33F3N6O3. The number of halogens is 3. The van der Waals surface area contributed by atoms with Crippen LogP contribution in [0.1, 0.15) is 51.1 Å². The number of ketones is 1. The topological polar surface area (TPSA) is 112 Å². The Balaban J connectivity index is 1.32. The lowest BCUT2D eigenvalue weighted by molar-refractivity contribution is -0.171. The number of amides is 1. The van der Waals surface area contributed by atoms with Crippen LogP contribution in [0.2, 0.25) is 0 Å². The van der Waals surface area contributed by atoms with Crippen LogP contribution in [-0.4, -0.2) is 64.3 Å². The number of carbonyl (C=O) groups is 2. The number of rotatable bonds is 9. The molecule has 1 aliphatic carbocycles. The summed E-state index contributed by atoms with van der Waals surface area (Å²) in [5.74, 6) is -1.45. The molecule has 3 aromatic rings. The fourth-order valence-corrected chi connectivity index (χ4v) is 5.54. The van der Waals surface area contributed by atoms with Crippen LogP contribution in [0.25, 0.3) is 22.4 Å². The Morgan fingerprint density at radius 3 is 2.59 bits per heavy atom. The van der Waals surface area contributed by atoms with Gasteiger partial charge in [-0.25, -0.2) is 4.98 Å². The van der Waals surface area contributed by atoms with Crippen LogP contribution in [0.3, 0.4) is 0 Å². The summed E-state index contributed by atoms with van der Waals surface area (Å²) in [4.78, 5) is 32.0. The summed E-state index contributed by atoms with van der Waals surface area (Å²) in [6.07, 6.45) is -2.59. The number of hydrogen-bond acceptors (Lipinski definition) is 7. The lowest BCUT2D eigenvalue weighted by atomic mass is 10.1. The maximum atomic E-state index is 13.5. The zero-order chi connectivity index (χ0) is 28.7. The van der Waals surface area contributed by atoms with Crippen molar-refractivity contribution in [1.82, 2.24) is 14.9 Å². The van der Waals surface area contributed by atoms with Gasteiger partial charge in [-0.2, -0.15) is 13.2 Å². The second kappa shape index (κ2) is 11.0. The quantitative estimate of drug-likeness (QED) is 0.279. The minimum atomic E-state index is -4.83. The van der Waals surface area contributed by atoms with E-state index in [4.69, 9.17) is 4.98 Å². The fourth-order valence-electron chi connectivity index (χ4n) is 5.54. The molecule has 3 heterocycles. The SMILES string of the molecule is O=C1Nc2ccc(NC3CC3)cc2-c2nc3cc(N4CCC(O)CC4)ccc3n2C1NCCCCC(=O)C(F)(F)F. The van der Waals surface area contributed by atoms with Gasteiger partial charge in [-0.3, -0.25) is 19.5 Å². The molecule has 0 radical (unpaired) electrons. The molecule has 9 nitrogen and oxygen atoms in total. The number of aromatic nitrogens is 2. The first-order valence-corrected chi connectivity index (χ1v) is 14.2. The number of carbonyl (C=O) groups excluding carboxylic acids is 2. The van der Waals surface area contributed by atoms with Gasteiger partial charge in [-0.05, 0) is 81.5 Å². The van der Waals surface area contributed by atoms with Crippen molar-refractivity contribution in [2.45, 2.75) is 69.4 Å². The van der Waals surface area contributed by atoms with E-state index in [9.17, 15) is 27.9 Å². The Morgan fingerprint density at radius 1 is 1.07 bits per heavy atom. The van der Waals surface area contributed by atoms with E-state index in [1.165, 1.54) is 0 Å². The highest BCUT2D eigenvalue weighted by Crippen LogP contribution is 2.39. The molecule has 1 saturated carbocycles. The predicted octanol–water partition coefficient (Wildman–Crippen LogP) is 4.58. The van der Waals surface area contributed by atoms with Gasteiger partial charge >= 0.3 is 6.18 Å². The third kappa shape index (κ3) is 5.89. The van der Waals surface area contributed by atoms with Gasteiger partial charge in [0.05, 0.1) is 22.8 Å². The molecule has 1 amide bonds. The van der Waals surface area contributed by atoms with Crippen LogP contribution in [0, 0.1) is 0 Å². The molecule has 2 fully saturated rings. The summed E-state index contributed by atoms with van der Waals surface area (Å²) >= 11 is 0. The number of benzene rings is 2. The van der Waals surface area contributed by atoms with Crippen LogP contribution < -0.4 is 20.9 Å². The monoisotopic (exact) mass is 570 g/mol. The molecule has 1 atom stereocenters. The third-order valence-electron chi connectivity index (χ3n) is 7.96. The lowest BCUT2D eigenvalue weighted by Crippen LogP contribution is -2.37. The summed E-state index contributed by atoms with van der Waals surface area (Å²) in [5.41, 5.74) is 4.78. The number of imidazole rings is 1. The number of anilines is 3. The van der Waals surface area contributed by atoms with Gasteiger partial charge in [0, 0.05) is 42.5 Å². The van der Waals surface area contributed by atoms with Crippen molar-refractivity contribution < 1.29 is 27.9 Å². The fraction of sp³-hybridized carbons (Fsp3) is 0.483. The van der Waals surface area contributed by atoms with Gasteiger partial charge in [0.15, 0.2) is 6.17 Å². The third-order valence-corrected chi connectivity index (χ3v) is 7.96. The van der Waals surface area contributed by atoms with Crippen molar-refractivity contribution in [2.24, 2.45) is 0 Å². The first kappa shape index (κ1) is 27.5. The molecule has 1 unspecified atom stereocenters. The molecule has 2 aromatic carbocycles. The molecule has 0 bridgehead atoms. The second-order valence-corrected chi connectivity index (χ2v) is 11.1. The van der Waals surface area contributed by atoms with Gasteiger partial charge in [-0.1, -0.05) is 0 Å². The molecule has 1 aromatic heterocycles. The predicted molar refractivity (Wildman–Crippen MR) is 150 cm³/mol. The van der Waals surface area contributed by atoms with Gasteiger partial charge in [0.1, 0.15) is 5.82 Å². The van der Waals surface area contributed by atoms with Crippen molar-refractivity contribution in [3.05, 3.63) is 36.4 Å². The number of fused-ring (bicyclic) bond motifs is 5. The molecule has 4 N–H and O–H groups in total. The van der Waals surface area contributed by atoms with Crippen molar-refractivity contribution in [1.29, 1.82) is 0 Å². The van der Waals surface area contributed by atoms with E-state index in [1.54, 1.807) is 0 Å². The molecule has 2 aliphatic heterocycles. The molecule has 0 spiro atoms. The summed E-state index contributed by atoms with van der Waals surface area (Å²) in [7, 11) is 0. The Hall–Kier alpha value is -3.64. The van der Waals surface area contributed by atoms with Crippen LogP contribution in [0.15, 0.2) is 36.4 Å². The van der Waals surface area contributed by atoms with Gasteiger partial charge in [0.2, 0.25) is 5.78 Å². The second-order valence-electron chi connectivity index (χ2n) is 11.1. The highest BCUT2D eigenvalue weighted by atomic mass is 19.4. The zero-order valence-corrected chi connectivity index (χ0v) is 22.5. The van der Waals surface area contributed by atoms with E-state index in [2.05, 4.69) is 20.9 Å². The Labute approximate surface area is 235 Å². The standard InChI is InChI=1S/C29H33F3N6O3/c30-29(31,32)25(40)3-1-2-12-33-27-28(41)36-22-8-6-18(34-17-4-5-17)15-21(22)26-35-23-16-19(7-9-24(23)38(26)27)37-13-10-20(39)11-14-37/h6-9,15-17,20,27,33-34,39H,1-5,10-14H2,(H,36,41). The van der Waals surface area contributed by atoms with Crippen LogP contribution in [0.5, 0.6) is 0 Å². The number of alkyl halides is 3. The van der Waals surface area contributed by atoms with E-state index in [0.717, 1.165) is 48.4 Å². The molecule has 12 heteroatoms. The Kier molecular flexibility index (Phi) is 7.37. The van der Waals surface area contributed by atoms with Crippen molar-refractivity contribution in [2.75, 3.05) is 35.2 Å². The minimum absolute atomic E-state index is 0.0571. The van der Waals surface area contributed by atoms with Crippen molar-refractivity contribution in [3.8, 4) is 11.4 Å². The average Bonchev–Trinajstić information content (AvgIpc) is 3.69. The number of aliphatic hydroxyl groups excluding tert-OH is 1. The number of aliphatic hydroxyl groups is 1. The molecule has 1 saturated heterocycles. The van der Waals surface area contributed by atoms with Gasteiger partial charge < -0.3 is 20.6 Å². The normalized spacial score (nSPS) is 19.5. The molecule has 6 rings (SSSR count). The first-order chi connectivity index (χ1) is 19.7. The Bertz CT molecular complexity index is 1460. The van der Waals surface area contributed by atoms with E-state index >= 15 is 0 Å². The molecular weight excluding hydrogens is 537 g/mol. The number of nitrogens with one attached hydrogen (secondary N) is 3. The van der Waals surface area contributed by atoms with E-state index in [1.807, 2.05) is 41.0 Å². The van der Waals surface area contributed by atoms with Crippen molar-refractivity contribution in [3.63, 3.8) is 0 Å². The minimum Gasteiger partial charge on any atom is -0.393 e. The highest BCUT2D eigenvalue weighted by molar-refractivity contribution is 6.02. The summed E-state index contributed by atoms with van der Waals surface area (Å²) < 4.78 is 39.6. The largest absolute Gasteiger partial charge is 0.449 e. The highest BCUT2D eigenvalue weighted by Gasteiger charge is 2.37. The summed E-state index contributed by atoms with van der Waals surface area (Å²) in [5, 5.41) is 19.6. The number of hydrogen-bond donors (Lipinski definition) is 4. The van der Waals surface area contributed by atoms with Crippen LogP contribution in [0.4, 0.5) is 30.2 Å². The zero-order valence-electron chi connectivity index (χ0n) is 22.5. The summed E-state index contributed by atoms with van der Waals surface area (Å²) in [6, 6.07) is 12.1. The van der Waals surface area contributed by atoms with Gasteiger partial charge in [0.25, 0.3) is 5.91 Å². The lowest BCUT2D eigenvalue weighted by Gasteiger charge is -2.31. The maximum absolute atomic E-state index is 13.5. The Morgan fingerprint density at radius 2 is 1.85 bits per heavy atom. The van der Waals surface area contributed by atoms with E-state index in [-0.39, 0.29) is 25.0 Å². The van der Waals surface area contributed by atoms with E-state index in [0.29, 0.717) is 42.3 Å². The van der Waals surface area contributed by atoms with Crippen LogP contribution >= 0.6 is 0 Å². The van der Waals surface area contributed by atoms with Gasteiger partial charge in [-0.15, -0.1) is 0 Å². The number of nitrogens with zero attached hydrogens (tertiary/aromatic N) is 3. The van der Waals surface area contributed by atoms with Crippen LogP contribution in [-0.2, 0) is 9.59 Å². The average molecular weight is 571 g/mol. The number of Topliss-reactive ketones (excluding diaryl/α,β-unsaturated/α-hetero) is 1. The first-order valence-electron chi connectivity index (χ1n) is 14.2. The molecule has 41 heavy (non-hydrogen) atoms. The molecule has 218 valence electrons. The summed E-state index contributed by atoms with van der Waals surface area (Å²) in [6.45, 7) is 1.72. The number of unbranched alkanes of at least 4 members (excludes halogenated alkanes) is 1. The van der Waals surface area contributed by atoms with Crippen molar-refractivity contribution >= 4 is 39.8 Å². The molecule has 3 aliphatic rings. The smallest absolute Gasteiger partial charge is 0.393 e. The van der Waals surface area contributed by atoms with E-state index < -0.39 is 24.5 Å². The number of piperidine rings is 1. The maximum Gasteiger partial charge on any atom is 0.449 e.